The van der Waals surface area contributed by atoms with Gasteiger partial charge in [0, 0.05) is 78.6 Å². The zero-order valence-corrected chi connectivity index (χ0v) is 34.8. The molecule has 2 saturated heterocycles. The number of hydrogen-bond donors (Lipinski definition) is 3. The molecule has 2 aliphatic carbocycles. The van der Waals surface area contributed by atoms with Crippen LogP contribution in [0.5, 0.6) is 11.5 Å². The van der Waals surface area contributed by atoms with Crippen LogP contribution in [0.15, 0.2) is 84.0 Å². The normalized spacial score (nSPS) is 19.6. The van der Waals surface area contributed by atoms with Crippen molar-refractivity contribution in [1.29, 1.82) is 0 Å². The van der Waals surface area contributed by atoms with Gasteiger partial charge < -0.3 is 24.7 Å². The highest BCUT2D eigenvalue weighted by Crippen LogP contribution is 2.44. The van der Waals surface area contributed by atoms with E-state index in [1.165, 1.54) is 29.5 Å². The second kappa shape index (κ2) is 16.7. The minimum Gasteiger partial charge on any atom is -0.455 e. The molecule has 314 valence electrons. The third-order valence-electron chi connectivity index (χ3n) is 12.9. The smallest absolute Gasteiger partial charge is 0.293 e. The van der Waals surface area contributed by atoms with Crippen LogP contribution >= 0.6 is 11.6 Å². The van der Waals surface area contributed by atoms with Crippen molar-refractivity contribution in [2.75, 3.05) is 56.2 Å². The molecule has 3 N–H and O–H groups in total. The van der Waals surface area contributed by atoms with Gasteiger partial charge in [-0.05, 0) is 104 Å². The van der Waals surface area contributed by atoms with Crippen LogP contribution in [0.4, 0.5) is 17.1 Å². The summed E-state index contributed by atoms with van der Waals surface area (Å²) in [6, 6.07) is 18.9. The van der Waals surface area contributed by atoms with Crippen LogP contribution in [0.3, 0.4) is 0 Å². The molecular weight excluding hydrogens is 806 g/mol. The summed E-state index contributed by atoms with van der Waals surface area (Å²) < 4.78 is 41.3. The predicted molar refractivity (Wildman–Crippen MR) is 230 cm³/mol. The maximum absolute atomic E-state index is 13.9. The van der Waals surface area contributed by atoms with Gasteiger partial charge in [0.2, 0.25) is 0 Å². The van der Waals surface area contributed by atoms with Gasteiger partial charge in [-0.1, -0.05) is 30.2 Å². The van der Waals surface area contributed by atoms with E-state index < -0.39 is 31.4 Å². The average Bonchev–Trinajstić information content (AvgIpc) is 3.60. The van der Waals surface area contributed by atoms with E-state index in [2.05, 4.69) is 35.9 Å². The number of H-pyrrole nitrogens is 1. The third-order valence-corrected chi connectivity index (χ3v) is 14.6. The van der Waals surface area contributed by atoms with Crippen molar-refractivity contribution in [2.24, 2.45) is 11.3 Å². The number of aromatic amines is 1. The predicted octanol–water partition coefficient (Wildman–Crippen LogP) is 8.24. The zero-order chi connectivity index (χ0) is 41.4. The minimum absolute atomic E-state index is 0.0300. The average molecular weight is 854 g/mol. The Hall–Kier alpha value is -5.22. The number of amides is 1. The van der Waals surface area contributed by atoms with Crippen molar-refractivity contribution in [3.05, 3.63) is 111 Å². The van der Waals surface area contributed by atoms with Crippen LogP contribution in [0.2, 0.25) is 5.02 Å². The quantitative estimate of drug-likeness (QED) is 0.0664. The third kappa shape index (κ3) is 8.27. The molecule has 60 heavy (non-hydrogen) atoms. The summed E-state index contributed by atoms with van der Waals surface area (Å²) in [6.07, 6.45) is 11.7. The maximum atomic E-state index is 13.9. The fourth-order valence-electron chi connectivity index (χ4n) is 9.34. The molecule has 1 unspecified atom stereocenters. The number of pyridine rings is 1. The first-order valence-electron chi connectivity index (χ1n) is 20.7. The Kier molecular flexibility index (Phi) is 11.2. The lowest BCUT2D eigenvalue weighted by molar-refractivity contribution is -0.384. The minimum atomic E-state index is -4.55. The number of carbonyl (C=O) groups excluding carboxylic acids is 1. The van der Waals surface area contributed by atoms with E-state index in [1.54, 1.807) is 30.5 Å². The molecule has 5 aromatic rings. The molecule has 1 atom stereocenters. The van der Waals surface area contributed by atoms with E-state index in [-0.39, 0.29) is 23.0 Å². The molecule has 1 spiro atoms. The molecule has 14 nitrogen and oxygen atoms in total. The van der Waals surface area contributed by atoms with Crippen molar-refractivity contribution in [1.82, 2.24) is 19.6 Å². The molecule has 0 bridgehead atoms. The highest BCUT2D eigenvalue weighted by Gasteiger charge is 2.41. The fourth-order valence-corrected chi connectivity index (χ4v) is 10.6. The molecule has 2 aromatic heterocycles. The summed E-state index contributed by atoms with van der Waals surface area (Å²) in [4.78, 5) is 37.3. The SMILES string of the molecule is O=C(NS(=O)(=O)c1ccc(NCC2CCC3(CC2)COC3)c([N+](=O)[O-])c1)c1ccc(N2CCN(C3CCCCc4c(Cl)cccc43)CC2)cc1Oc1cnc2[nH]ccc2c1. The van der Waals surface area contributed by atoms with E-state index in [1.807, 2.05) is 18.2 Å². The summed E-state index contributed by atoms with van der Waals surface area (Å²) in [5, 5.41) is 17.0. The molecule has 1 saturated carbocycles. The molecule has 3 fully saturated rings. The van der Waals surface area contributed by atoms with E-state index >= 15 is 0 Å². The number of aromatic nitrogens is 2. The van der Waals surface area contributed by atoms with Crippen LogP contribution in [-0.2, 0) is 21.2 Å². The van der Waals surface area contributed by atoms with Crippen LogP contribution in [0, 0.1) is 21.4 Å². The number of anilines is 2. The van der Waals surface area contributed by atoms with Crippen molar-refractivity contribution in [3.63, 3.8) is 0 Å². The Morgan fingerprint density at radius 2 is 1.83 bits per heavy atom. The van der Waals surface area contributed by atoms with Gasteiger partial charge >= 0.3 is 0 Å². The van der Waals surface area contributed by atoms with Crippen LogP contribution < -0.4 is 19.7 Å². The summed E-state index contributed by atoms with van der Waals surface area (Å²) in [6.45, 7) is 5.23. The Morgan fingerprint density at radius 3 is 2.60 bits per heavy atom. The van der Waals surface area contributed by atoms with Crippen molar-refractivity contribution in [3.8, 4) is 11.5 Å². The van der Waals surface area contributed by atoms with E-state index in [0.717, 1.165) is 113 Å². The van der Waals surface area contributed by atoms with Crippen molar-refractivity contribution in [2.45, 2.75) is 62.3 Å². The number of sulfonamides is 1. The second-order valence-corrected chi connectivity index (χ2v) is 18.7. The number of nitrogens with one attached hydrogen (secondary N) is 3. The first kappa shape index (κ1) is 40.2. The summed E-state index contributed by atoms with van der Waals surface area (Å²) in [5.74, 6) is -0.110. The molecule has 4 heterocycles. The first-order valence-corrected chi connectivity index (χ1v) is 22.6. The maximum Gasteiger partial charge on any atom is 0.293 e. The van der Waals surface area contributed by atoms with Crippen LogP contribution in [0.1, 0.15) is 72.5 Å². The van der Waals surface area contributed by atoms with Crippen LogP contribution in [-0.4, -0.2) is 80.1 Å². The number of carbonyl (C=O) groups is 1. The largest absolute Gasteiger partial charge is 0.455 e. The molecule has 0 radical (unpaired) electrons. The summed E-state index contributed by atoms with van der Waals surface area (Å²) >= 11 is 6.65. The number of nitro groups is 1. The lowest BCUT2D eigenvalue weighted by atomic mass is 9.69. The van der Waals surface area contributed by atoms with Gasteiger partial charge in [0.25, 0.3) is 21.6 Å². The van der Waals surface area contributed by atoms with Gasteiger partial charge in [-0.15, -0.1) is 0 Å². The molecular formula is C44H48ClN7O7S. The number of hydrogen-bond acceptors (Lipinski definition) is 11. The molecule has 9 rings (SSSR count). The summed E-state index contributed by atoms with van der Waals surface area (Å²) in [5.41, 5.74) is 4.14. The van der Waals surface area contributed by atoms with Gasteiger partial charge in [-0.25, -0.2) is 18.1 Å². The van der Waals surface area contributed by atoms with Crippen LogP contribution in [0.25, 0.3) is 11.0 Å². The monoisotopic (exact) mass is 853 g/mol. The van der Waals surface area contributed by atoms with Crippen molar-refractivity contribution >= 4 is 55.6 Å². The molecule has 3 aromatic carbocycles. The Balaban J connectivity index is 0.925. The number of fused-ring (bicyclic) bond motifs is 2. The van der Waals surface area contributed by atoms with Gasteiger partial charge in [0.1, 0.15) is 22.8 Å². The lowest BCUT2D eigenvalue weighted by Gasteiger charge is -2.46. The van der Waals surface area contributed by atoms with Crippen molar-refractivity contribution < 1.29 is 27.6 Å². The number of rotatable bonds is 11. The standard InChI is InChI=1S/C44H48ClN7O7S/c45-37-6-3-5-35-34(37)4-1-2-7-39(35)51-20-18-50(19-21-51)31-8-10-36(41(23-31)59-32-22-30-14-17-46-42(30)48-26-32)43(53)49-60(56,57)33-9-11-38(40(24-33)52(54)55)47-25-29-12-15-44(16-13-29)27-58-28-44/h3,5-6,8-11,14,17,22-24,26,29,39,47H,1-2,4,7,12-13,15-16,18-21,25,27-28H2,(H,46,48)(H,49,53). The first-order chi connectivity index (χ1) is 29.0. The highest BCUT2D eigenvalue weighted by molar-refractivity contribution is 7.90. The zero-order valence-electron chi connectivity index (χ0n) is 33.2. The van der Waals surface area contributed by atoms with Gasteiger partial charge in [0.05, 0.1) is 34.8 Å². The van der Waals surface area contributed by atoms with E-state index in [9.17, 15) is 23.3 Å². The number of halogens is 1. The fraction of sp³-hybridized carbons (Fsp3) is 0.409. The van der Waals surface area contributed by atoms with E-state index in [4.69, 9.17) is 21.1 Å². The van der Waals surface area contributed by atoms with Gasteiger partial charge in [0.15, 0.2) is 0 Å². The number of ether oxygens (including phenoxy) is 2. The Morgan fingerprint density at radius 1 is 1.02 bits per heavy atom. The Bertz CT molecular complexity index is 2530. The molecule has 16 heteroatoms. The molecule has 2 aliphatic heterocycles. The lowest BCUT2D eigenvalue weighted by Crippen LogP contribution is -2.47. The Labute approximate surface area is 353 Å². The summed E-state index contributed by atoms with van der Waals surface area (Å²) in [7, 11) is -4.55. The van der Waals surface area contributed by atoms with Gasteiger partial charge in [-0.3, -0.25) is 19.8 Å². The van der Waals surface area contributed by atoms with E-state index in [0.29, 0.717) is 29.3 Å². The molecule has 4 aliphatic rings. The number of nitro benzene ring substituents is 1. The number of piperazine rings is 1. The number of nitrogens with zero attached hydrogens (tertiary/aromatic N) is 4. The topological polar surface area (TPSA) is 172 Å². The number of benzene rings is 3. The molecule has 1 amide bonds. The second-order valence-electron chi connectivity index (χ2n) is 16.6. The van der Waals surface area contributed by atoms with Gasteiger partial charge in [-0.2, -0.15) is 0 Å². The highest BCUT2D eigenvalue weighted by atomic mass is 35.5.